The lowest BCUT2D eigenvalue weighted by Crippen LogP contribution is -2.38. The highest BCUT2D eigenvalue weighted by atomic mass is 32.2. The number of nitrogens with one attached hydrogen (secondary N) is 1. The number of rotatable bonds is 11. The van der Waals surface area contributed by atoms with Crippen LogP contribution in [0.5, 0.6) is 0 Å². The molecular weight excluding hydrogens is 510 g/mol. The fourth-order valence-electron chi connectivity index (χ4n) is 4.11. The molecule has 38 heavy (non-hydrogen) atoms. The Morgan fingerprint density at radius 3 is 2.34 bits per heavy atom. The maximum atomic E-state index is 11.8. The van der Waals surface area contributed by atoms with E-state index >= 15 is 0 Å². The molecule has 4 rings (SSSR count). The maximum absolute atomic E-state index is 11.8. The number of aromatic nitrogens is 4. The first kappa shape index (κ1) is 27.7. The zero-order valence-corrected chi connectivity index (χ0v) is 22.0. The van der Waals surface area contributed by atoms with Crippen LogP contribution in [0.25, 0.3) is 0 Å². The number of carbonyl (C=O) groups is 2. The molecule has 1 aromatic heterocycles. The molecule has 0 bridgehead atoms. The number of amides is 1. The topological polar surface area (TPSA) is 149 Å². The van der Waals surface area contributed by atoms with Gasteiger partial charge in [0, 0.05) is 37.2 Å². The van der Waals surface area contributed by atoms with Crippen molar-refractivity contribution in [3.63, 3.8) is 0 Å². The summed E-state index contributed by atoms with van der Waals surface area (Å²) in [7, 11) is 1.79. The lowest BCUT2D eigenvalue weighted by Gasteiger charge is -2.41. The molecule has 202 valence electrons. The summed E-state index contributed by atoms with van der Waals surface area (Å²) in [4.78, 5) is 22.5. The predicted molar refractivity (Wildman–Crippen MR) is 138 cm³/mol. The average Bonchev–Trinajstić information content (AvgIpc) is 3.35. The largest absolute Gasteiger partial charge is 0.481 e. The highest BCUT2D eigenvalue weighted by Gasteiger charge is 2.38. The van der Waals surface area contributed by atoms with E-state index in [-0.39, 0.29) is 43.5 Å². The quantitative estimate of drug-likeness (QED) is 0.309. The van der Waals surface area contributed by atoms with Crippen molar-refractivity contribution in [1.82, 2.24) is 25.5 Å². The predicted octanol–water partition coefficient (Wildman–Crippen LogP) is 2.77. The van der Waals surface area contributed by atoms with Crippen molar-refractivity contribution in [2.24, 2.45) is 13.0 Å². The molecule has 3 aromatic rings. The molecule has 0 saturated carbocycles. The van der Waals surface area contributed by atoms with E-state index in [1.54, 1.807) is 11.7 Å². The SMILES string of the molecule is CC1C(CSc2nnnn2C)OC(c2ccc(CNC(=O)CCC(=O)O)cc2)OC1c1ccc(CO)cc1. The van der Waals surface area contributed by atoms with Gasteiger partial charge in [0.15, 0.2) is 6.29 Å². The van der Waals surface area contributed by atoms with Gasteiger partial charge in [0.1, 0.15) is 0 Å². The Balaban J connectivity index is 1.47. The van der Waals surface area contributed by atoms with Crippen LogP contribution < -0.4 is 5.32 Å². The van der Waals surface area contributed by atoms with Crippen LogP contribution in [0.4, 0.5) is 0 Å². The number of hydrogen-bond donors (Lipinski definition) is 3. The first-order valence-corrected chi connectivity index (χ1v) is 13.3. The third-order valence-corrected chi connectivity index (χ3v) is 7.49. The van der Waals surface area contributed by atoms with Crippen molar-refractivity contribution in [3.8, 4) is 0 Å². The molecule has 4 unspecified atom stereocenters. The second-order valence-electron chi connectivity index (χ2n) is 9.13. The van der Waals surface area contributed by atoms with Crippen molar-refractivity contribution >= 4 is 23.6 Å². The molecule has 12 heteroatoms. The number of aliphatic carboxylic acids is 1. The Morgan fingerprint density at radius 1 is 1.03 bits per heavy atom. The summed E-state index contributed by atoms with van der Waals surface area (Å²) in [6.45, 7) is 2.37. The van der Waals surface area contributed by atoms with Gasteiger partial charge in [-0.3, -0.25) is 9.59 Å². The Morgan fingerprint density at radius 2 is 1.71 bits per heavy atom. The highest BCUT2D eigenvalue weighted by molar-refractivity contribution is 7.99. The molecule has 4 atom stereocenters. The number of aliphatic hydroxyl groups excluding tert-OH is 1. The van der Waals surface area contributed by atoms with Gasteiger partial charge in [-0.15, -0.1) is 5.10 Å². The van der Waals surface area contributed by atoms with Gasteiger partial charge >= 0.3 is 5.97 Å². The van der Waals surface area contributed by atoms with Crippen LogP contribution in [0.2, 0.25) is 0 Å². The smallest absolute Gasteiger partial charge is 0.303 e. The summed E-state index contributed by atoms with van der Waals surface area (Å²) in [6.07, 6.45) is -1.27. The normalized spacial score (nSPS) is 21.2. The summed E-state index contributed by atoms with van der Waals surface area (Å²) in [5.74, 6) is -0.655. The van der Waals surface area contributed by atoms with E-state index in [0.717, 1.165) is 22.3 Å². The summed E-state index contributed by atoms with van der Waals surface area (Å²) in [5, 5.41) is 33.2. The number of carboxylic acids is 1. The fraction of sp³-hybridized carbons (Fsp3) is 0.423. The molecule has 2 heterocycles. The van der Waals surface area contributed by atoms with E-state index in [1.165, 1.54) is 11.8 Å². The molecule has 11 nitrogen and oxygen atoms in total. The summed E-state index contributed by atoms with van der Waals surface area (Å²) >= 11 is 1.52. The van der Waals surface area contributed by atoms with Gasteiger partial charge in [-0.2, -0.15) is 0 Å². The van der Waals surface area contributed by atoms with Crippen molar-refractivity contribution in [2.45, 2.75) is 56.6 Å². The monoisotopic (exact) mass is 541 g/mol. The number of tetrazole rings is 1. The van der Waals surface area contributed by atoms with Gasteiger partial charge in [0.2, 0.25) is 11.1 Å². The van der Waals surface area contributed by atoms with Gasteiger partial charge in [-0.05, 0) is 27.1 Å². The number of ether oxygens (including phenoxy) is 2. The third kappa shape index (κ3) is 7.16. The molecule has 1 fully saturated rings. The van der Waals surface area contributed by atoms with Crippen LogP contribution in [0.1, 0.15) is 54.4 Å². The first-order valence-electron chi connectivity index (χ1n) is 12.3. The summed E-state index contributed by atoms with van der Waals surface area (Å²) < 4.78 is 14.5. The average molecular weight is 542 g/mol. The number of carboxylic acid groups (broad SMARTS) is 1. The molecule has 0 aliphatic carbocycles. The minimum Gasteiger partial charge on any atom is -0.481 e. The molecule has 3 N–H and O–H groups in total. The van der Waals surface area contributed by atoms with Crippen LogP contribution in [0, 0.1) is 5.92 Å². The standard InChI is InChI=1S/C26H31N5O6S/c1-16-21(15-38-26-28-29-30-31(26)2)36-25(37-24(16)19-7-5-18(14-32)6-8-19)20-9-3-17(4-10-20)13-27-22(33)11-12-23(34)35/h3-10,16,21,24-25,32H,11-15H2,1-2H3,(H,27,33)(H,34,35). The van der Waals surface area contributed by atoms with Crippen LogP contribution in [0.3, 0.4) is 0 Å². The minimum atomic E-state index is -1.00. The van der Waals surface area contributed by atoms with Gasteiger partial charge in [0.05, 0.1) is 25.2 Å². The van der Waals surface area contributed by atoms with E-state index in [9.17, 15) is 14.7 Å². The number of hydrogen-bond acceptors (Lipinski definition) is 9. The second kappa shape index (κ2) is 13.0. The lowest BCUT2D eigenvalue weighted by atomic mass is 9.91. The third-order valence-electron chi connectivity index (χ3n) is 6.39. The van der Waals surface area contributed by atoms with Crippen molar-refractivity contribution in [3.05, 3.63) is 70.8 Å². The molecule has 2 aromatic carbocycles. The number of aliphatic hydroxyl groups is 1. The van der Waals surface area contributed by atoms with Gasteiger partial charge < -0.3 is 25.0 Å². The van der Waals surface area contributed by atoms with E-state index in [1.807, 2.05) is 48.5 Å². The molecular formula is C26H31N5O6S. The Hall–Kier alpha value is -3.32. The van der Waals surface area contributed by atoms with Crippen molar-refractivity contribution < 1.29 is 29.3 Å². The van der Waals surface area contributed by atoms with E-state index < -0.39 is 12.3 Å². The number of carbonyl (C=O) groups excluding carboxylic acids is 1. The van der Waals surface area contributed by atoms with E-state index in [2.05, 4.69) is 27.8 Å². The first-order chi connectivity index (χ1) is 18.3. The Labute approximate surface area is 224 Å². The van der Waals surface area contributed by atoms with Gasteiger partial charge in [-0.1, -0.05) is 67.2 Å². The second-order valence-corrected chi connectivity index (χ2v) is 10.1. The molecule has 0 spiro atoms. The zero-order valence-electron chi connectivity index (χ0n) is 21.2. The number of benzene rings is 2. The van der Waals surface area contributed by atoms with Crippen LogP contribution in [-0.2, 0) is 39.3 Å². The summed E-state index contributed by atoms with van der Waals surface area (Å²) in [5.41, 5.74) is 3.54. The Bertz CT molecular complexity index is 1220. The summed E-state index contributed by atoms with van der Waals surface area (Å²) in [6, 6.07) is 15.3. The van der Waals surface area contributed by atoms with Gasteiger partial charge in [0.25, 0.3) is 0 Å². The van der Waals surface area contributed by atoms with Crippen molar-refractivity contribution in [2.75, 3.05) is 5.75 Å². The Kier molecular flexibility index (Phi) is 9.45. The minimum absolute atomic E-state index is 0.0234. The number of thioether (sulfide) groups is 1. The van der Waals surface area contributed by atoms with E-state index in [4.69, 9.17) is 14.6 Å². The van der Waals surface area contributed by atoms with Crippen LogP contribution in [0.15, 0.2) is 53.7 Å². The zero-order chi connectivity index (χ0) is 27.1. The number of aryl methyl sites for hydroxylation is 1. The lowest BCUT2D eigenvalue weighted by molar-refractivity contribution is -0.268. The molecule has 1 amide bonds. The van der Waals surface area contributed by atoms with Gasteiger partial charge in [-0.25, -0.2) is 4.68 Å². The highest BCUT2D eigenvalue weighted by Crippen LogP contribution is 2.42. The van der Waals surface area contributed by atoms with Crippen molar-refractivity contribution in [1.29, 1.82) is 0 Å². The number of nitrogens with zero attached hydrogens (tertiary/aromatic N) is 4. The molecule has 0 radical (unpaired) electrons. The van der Waals surface area contributed by atoms with E-state index in [0.29, 0.717) is 17.5 Å². The molecule has 1 aliphatic rings. The van der Waals surface area contributed by atoms with Crippen LogP contribution >= 0.6 is 11.8 Å². The molecule has 1 saturated heterocycles. The fourth-order valence-corrected chi connectivity index (χ4v) is 5.13. The maximum Gasteiger partial charge on any atom is 0.303 e. The van der Waals surface area contributed by atoms with Crippen LogP contribution in [-0.4, -0.2) is 54.2 Å². The molecule has 1 aliphatic heterocycles.